The maximum Gasteiger partial charge on any atom is 0.261 e. The van der Waals surface area contributed by atoms with Crippen LogP contribution in [0.25, 0.3) is 0 Å². The molecule has 0 heterocycles. The summed E-state index contributed by atoms with van der Waals surface area (Å²) in [5.41, 5.74) is 3.26. The molecule has 0 bridgehead atoms. The fraction of sp³-hybridized carbons (Fsp3) is 0.500. The topological polar surface area (TPSA) is 58.6 Å². The highest BCUT2D eigenvalue weighted by Crippen LogP contribution is 2.26. The lowest BCUT2D eigenvalue weighted by Gasteiger charge is -2.32. The summed E-state index contributed by atoms with van der Waals surface area (Å²) in [6.07, 6.45) is 6.83. The summed E-state index contributed by atoms with van der Waals surface area (Å²) < 4.78 is 6.94. The van der Waals surface area contributed by atoms with Crippen LogP contribution < -0.4 is 10.1 Å². The first kappa shape index (κ1) is 26.3. The molecular formula is C28H37BrN2O3. The number of nitrogens with zero attached hydrogens (tertiary/aromatic N) is 1. The van der Waals surface area contributed by atoms with Crippen molar-refractivity contribution in [2.45, 2.75) is 77.8 Å². The summed E-state index contributed by atoms with van der Waals surface area (Å²) in [5.74, 6) is 0.445. The molecule has 5 nitrogen and oxygen atoms in total. The van der Waals surface area contributed by atoms with E-state index in [1.807, 2.05) is 51.1 Å². The van der Waals surface area contributed by atoms with Crippen LogP contribution in [-0.4, -0.2) is 41.9 Å². The molecule has 6 heteroatoms. The number of halogens is 1. The van der Waals surface area contributed by atoms with Gasteiger partial charge in [0, 0.05) is 17.1 Å². The van der Waals surface area contributed by atoms with Gasteiger partial charge in [-0.05, 0) is 68.4 Å². The molecule has 0 spiro atoms. The normalized spacial score (nSPS) is 14.9. The molecule has 2 aromatic carbocycles. The van der Waals surface area contributed by atoms with E-state index < -0.39 is 6.04 Å². The van der Waals surface area contributed by atoms with Crippen LogP contribution in [0.4, 0.5) is 0 Å². The van der Waals surface area contributed by atoms with Crippen LogP contribution in [0.5, 0.6) is 5.75 Å². The van der Waals surface area contributed by atoms with Gasteiger partial charge in [-0.15, -0.1) is 0 Å². The van der Waals surface area contributed by atoms with Gasteiger partial charge in [-0.1, -0.05) is 72.4 Å². The number of aryl methyl sites for hydroxylation is 2. The maximum atomic E-state index is 13.4. The number of nitrogens with one attached hydrogen (secondary N) is 1. The van der Waals surface area contributed by atoms with Crippen molar-refractivity contribution in [2.75, 3.05) is 13.2 Å². The van der Waals surface area contributed by atoms with E-state index >= 15 is 0 Å². The highest BCUT2D eigenvalue weighted by Gasteiger charge is 2.30. The smallest absolute Gasteiger partial charge is 0.261 e. The molecule has 1 aliphatic carbocycles. The Bertz CT molecular complexity index is 934. The van der Waals surface area contributed by atoms with E-state index in [2.05, 4.69) is 33.4 Å². The molecule has 2 aromatic rings. The third-order valence-electron chi connectivity index (χ3n) is 6.59. The number of carbonyl (C=O) groups is 2. The van der Waals surface area contributed by atoms with Gasteiger partial charge in [-0.3, -0.25) is 9.59 Å². The second-order valence-corrected chi connectivity index (χ2v) is 10.0. The number of hydrogen-bond acceptors (Lipinski definition) is 3. The first-order chi connectivity index (χ1) is 16.4. The van der Waals surface area contributed by atoms with Gasteiger partial charge in [-0.25, -0.2) is 0 Å². The average Bonchev–Trinajstić information content (AvgIpc) is 2.84. The molecule has 0 aliphatic heterocycles. The Balaban J connectivity index is 1.72. The lowest BCUT2D eigenvalue weighted by molar-refractivity contribution is -0.142. The third-order valence-corrected chi connectivity index (χ3v) is 7.84. The van der Waals surface area contributed by atoms with Crippen molar-refractivity contribution in [2.24, 2.45) is 0 Å². The van der Waals surface area contributed by atoms with E-state index in [0.717, 1.165) is 46.8 Å². The van der Waals surface area contributed by atoms with Crippen LogP contribution in [0.15, 0.2) is 46.9 Å². The number of hydrogen-bond donors (Lipinski definition) is 1. The summed E-state index contributed by atoms with van der Waals surface area (Å²) in [7, 11) is 0. The summed E-state index contributed by atoms with van der Waals surface area (Å²) in [6.45, 7) is 6.35. The lowest BCUT2D eigenvalue weighted by Crippen LogP contribution is -2.53. The maximum absolute atomic E-state index is 13.4. The zero-order chi connectivity index (χ0) is 24.5. The Morgan fingerprint density at radius 2 is 1.74 bits per heavy atom. The Morgan fingerprint density at radius 3 is 2.35 bits per heavy atom. The second-order valence-electron chi connectivity index (χ2n) is 9.25. The molecule has 1 aliphatic rings. The molecule has 1 fully saturated rings. The highest BCUT2D eigenvalue weighted by atomic mass is 79.9. The molecule has 0 radical (unpaired) electrons. The van der Waals surface area contributed by atoms with Gasteiger partial charge in [0.25, 0.3) is 5.91 Å². The van der Waals surface area contributed by atoms with Crippen molar-refractivity contribution in [1.29, 1.82) is 0 Å². The van der Waals surface area contributed by atoms with Crippen LogP contribution in [0.3, 0.4) is 0 Å². The molecule has 0 saturated heterocycles. The van der Waals surface area contributed by atoms with Crippen LogP contribution in [-0.2, 0) is 16.0 Å². The van der Waals surface area contributed by atoms with Crippen molar-refractivity contribution in [3.8, 4) is 5.75 Å². The molecule has 1 unspecified atom stereocenters. The SMILES string of the molecule is CCC(C(=O)NC1CCCCC1)N(CCc1ccccc1)C(=O)COc1cc(C)c(Br)c(C)c1. The van der Waals surface area contributed by atoms with Crippen LogP contribution in [0, 0.1) is 13.8 Å². The largest absolute Gasteiger partial charge is 0.484 e. The van der Waals surface area contributed by atoms with Crippen molar-refractivity contribution >= 4 is 27.7 Å². The van der Waals surface area contributed by atoms with E-state index in [9.17, 15) is 9.59 Å². The predicted octanol–water partition coefficient (Wildman–Crippen LogP) is 5.74. The minimum Gasteiger partial charge on any atom is -0.484 e. The Kier molecular flexibility index (Phi) is 10.00. The van der Waals surface area contributed by atoms with Gasteiger partial charge in [0.2, 0.25) is 5.91 Å². The number of rotatable bonds is 10. The summed E-state index contributed by atoms with van der Waals surface area (Å²) in [4.78, 5) is 28.3. The molecular weight excluding hydrogens is 492 g/mol. The van der Waals surface area contributed by atoms with E-state index in [1.165, 1.54) is 6.42 Å². The minimum atomic E-state index is -0.505. The molecule has 2 amide bonds. The molecule has 1 N–H and O–H groups in total. The molecule has 3 rings (SSSR count). The first-order valence-electron chi connectivity index (χ1n) is 12.4. The standard InChI is InChI=1S/C28H37BrN2O3/c1-4-25(28(33)30-23-13-9-6-10-14-23)31(16-15-22-11-7-5-8-12-22)26(32)19-34-24-17-20(2)27(29)21(3)18-24/h5,7-8,11-12,17-18,23,25H,4,6,9-10,13-16,19H2,1-3H3,(H,30,33). The Hall–Kier alpha value is -2.34. The fourth-order valence-corrected chi connectivity index (χ4v) is 4.89. The number of amides is 2. The van der Waals surface area contributed by atoms with Gasteiger partial charge >= 0.3 is 0 Å². The monoisotopic (exact) mass is 528 g/mol. The first-order valence-corrected chi connectivity index (χ1v) is 13.2. The van der Waals surface area contributed by atoms with Gasteiger partial charge in [-0.2, -0.15) is 0 Å². The summed E-state index contributed by atoms with van der Waals surface area (Å²) >= 11 is 3.57. The Labute approximate surface area is 212 Å². The van der Waals surface area contributed by atoms with Crippen molar-refractivity contribution in [1.82, 2.24) is 10.2 Å². The lowest BCUT2D eigenvalue weighted by atomic mass is 9.95. The zero-order valence-electron chi connectivity index (χ0n) is 20.6. The summed E-state index contributed by atoms with van der Waals surface area (Å²) in [5, 5.41) is 3.22. The fourth-order valence-electron chi connectivity index (χ4n) is 4.66. The van der Waals surface area contributed by atoms with Gasteiger partial charge < -0.3 is 15.0 Å². The number of carbonyl (C=O) groups excluding carboxylic acids is 2. The van der Waals surface area contributed by atoms with E-state index in [0.29, 0.717) is 25.1 Å². The van der Waals surface area contributed by atoms with Crippen LogP contribution >= 0.6 is 15.9 Å². The van der Waals surface area contributed by atoms with Crippen molar-refractivity contribution in [3.05, 3.63) is 63.6 Å². The van der Waals surface area contributed by atoms with E-state index in [-0.39, 0.29) is 24.5 Å². The van der Waals surface area contributed by atoms with Gasteiger partial charge in [0.15, 0.2) is 6.61 Å². The molecule has 1 atom stereocenters. The highest BCUT2D eigenvalue weighted by molar-refractivity contribution is 9.10. The Morgan fingerprint density at radius 1 is 1.09 bits per heavy atom. The summed E-state index contributed by atoms with van der Waals surface area (Å²) in [6, 6.07) is 13.6. The predicted molar refractivity (Wildman–Crippen MR) is 140 cm³/mol. The van der Waals surface area contributed by atoms with Crippen molar-refractivity contribution in [3.63, 3.8) is 0 Å². The minimum absolute atomic E-state index is 0.0499. The van der Waals surface area contributed by atoms with Crippen molar-refractivity contribution < 1.29 is 14.3 Å². The van der Waals surface area contributed by atoms with E-state index in [4.69, 9.17) is 4.74 Å². The molecule has 1 saturated carbocycles. The number of benzene rings is 2. The van der Waals surface area contributed by atoms with Crippen LogP contribution in [0.1, 0.15) is 62.1 Å². The van der Waals surface area contributed by atoms with Gasteiger partial charge in [0.05, 0.1) is 0 Å². The third kappa shape index (κ3) is 7.33. The molecule has 0 aromatic heterocycles. The molecule has 34 heavy (non-hydrogen) atoms. The van der Waals surface area contributed by atoms with E-state index in [1.54, 1.807) is 4.90 Å². The zero-order valence-corrected chi connectivity index (χ0v) is 22.2. The second kappa shape index (κ2) is 12.9. The molecule has 184 valence electrons. The average molecular weight is 530 g/mol. The quantitative estimate of drug-likeness (QED) is 0.427. The van der Waals surface area contributed by atoms with Gasteiger partial charge in [0.1, 0.15) is 11.8 Å². The number of ether oxygens (including phenoxy) is 1. The van der Waals surface area contributed by atoms with Crippen LogP contribution in [0.2, 0.25) is 0 Å².